The summed E-state index contributed by atoms with van der Waals surface area (Å²) in [6, 6.07) is 4.92. The maximum absolute atomic E-state index is 11.0. The topological polar surface area (TPSA) is 50.2 Å². The van der Waals surface area contributed by atoms with Crippen molar-refractivity contribution in [1.29, 1.82) is 0 Å². The quantitative estimate of drug-likeness (QED) is 0.855. The molecular weight excluding hydrogens is 250 g/mol. The molecule has 4 heteroatoms. The second-order valence-electron chi connectivity index (χ2n) is 4.60. The summed E-state index contributed by atoms with van der Waals surface area (Å²) >= 11 is 6.40. The molecule has 3 nitrogen and oxygen atoms in total. The first-order valence-electron chi connectivity index (χ1n) is 6.01. The number of carbonyl (C=O) groups is 1. The number of aryl methyl sites for hydroxylation is 1. The van der Waals surface area contributed by atoms with Gasteiger partial charge < -0.3 is 5.11 Å². The predicted molar refractivity (Wildman–Crippen MR) is 70.4 cm³/mol. The third kappa shape index (κ3) is 1.75. The van der Waals surface area contributed by atoms with Gasteiger partial charge in [-0.2, -0.15) is 0 Å². The van der Waals surface area contributed by atoms with Crippen LogP contribution in [0.2, 0.25) is 5.02 Å². The van der Waals surface area contributed by atoms with Crippen molar-refractivity contribution in [2.75, 3.05) is 0 Å². The molecule has 0 bridgehead atoms. The molecule has 0 spiro atoms. The van der Waals surface area contributed by atoms with E-state index in [0.717, 1.165) is 47.8 Å². The molecule has 0 atom stereocenters. The van der Waals surface area contributed by atoms with E-state index in [0.29, 0.717) is 5.02 Å². The standard InChI is InChI=1S/C14H12ClNO2/c15-13-9-3-1-2-4-11(9)16-12-6-5-8(14(17)18)7-10(12)13/h5-7H,1-4H2,(H,17,18). The maximum atomic E-state index is 11.0. The predicted octanol–water partition coefficient (Wildman–Crippen LogP) is 3.47. The highest BCUT2D eigenvalue weighted by molar-refractivity contribution is 6.36. The number of fused-ring (bicyclic) bond motifs is 2. The molecular formula is C14H12ClNO2. The molecule has 0 saturated carbocycles. The molecule has 1 aliphatic rings. The largest absolute Gasteiger partial charge is 0.478 e. The maximum Gasteiger partial charge on any atom is 0.335 e. The van der Waals surface area contributed by atoms with Crippen LogP contribution in [0.3, 0.4) is 0 Å². The summed E-state index contributed by atoms with van der Waals surface area (Å²) in [5, 5.41) is 10.4. The Morgan fingerprint density at radius 3 is 2.83 bits per heavy atom. The molecule has 0 saturated heterocycles. The van der Waals surface area contributed by atoms with Crippen LogP contribution in [0.25, 0.3) is 10.9 Å². The van der Waals surface area contributed by atoms with E-state index in [1.165, 1.54) is 0 Å². The van der Waals surface area contributed by atoms with Gasteiger partial charge in [0.25, 0.3) is 0 Å². The number of aromatic nitrogens is 1. The van der Waals surface area contributed by atoms with Gasteiger partial charge in [-0.15, -0.1) is 0 Å². The van der Waals surface area contributed by atoms with E-state index in [2.05, 4.69) is 4.98 Å². The smallest absolute Gasteiger partial charge is 0.335 e. The molecule has 2 aromatic rings. The lowest BCUT2D eigenvalue weighted by molar-refractivity contribution is 0.0697. The normalized spacial score (nSPS) is 14.5. The van der Waals surface area contributed by atoms with Crippen molar-refractivity contribution < 1.29 is 9.90 Å². The van der Waals surface area contributed by atoms with Crippen molar-refractivity contribution in [3.63, 3.8) is 0 Å². The number of carboxylic acids is 1. The van der Waals surface area contributed by atoms with Crippen molar-refractivity contribution >= 4 is 28.5 Å². The molecule has 0 amide bonds. The second kappa shape index (κ2) is 4.25. The monoisotopic (exact) mass is 261 g/mol. The lowest BCUT2D eigenvalue weighted by Crippen LogP contribution is -2.07. The van der Waals surface area contributed by atoms with Crippen LogP contribution in [0.15, 0.2) is 18.2 Å². The Morgan fingerprint density at radius 1 is 1.28 bits per heavy atom. The van der Waals surface area contributed by atoms with Gasteiger partial charge in [0.1, 0.15) is 0 Å². The number of halogens is 1. The molecule has 3 rings (SSSR count). The van der Waals surface area contributed by atoms with E-state index in [1.54, 1.807) is 18.2 Å². The van der Waals surface area contributed by atoms with Gasteiger partial charge in [-0.25, -0.2) is 4.79 Å². The second-order valence-corrected chi connectivity index (χ2v) is 4.97. The minimum atomic E-state index is -0.939. The van der Waals surface area contributed by atoms with E-state index in [-0.39, 0.29) is 5.56 Å². The van der Waals surface area contributed by atoms with Crippen LogP contribution in [-0.4, -0.2) is 16.1 Å². The molecule has 92 valence electrons. The van der Waals surface area contributed by atoms with Crippen LogP contribution in [0.5, 0.6) is 0 Å². The number of hydrogen-bond acceptors (Lipinski definition) is 2. The summed E-state index contributed by atoms with van der Waals surface area (Å²) in [4.78, 5) is 15.6. The Hall–Kier alpha value is -1.61. The molecule has 1 heterocycles. The highest BCUT2D eigenvalue weighted by Crippen LogP contribution is 2.33. The molecule has 18 heavy (non-hydrogen) atoms. The number of aromatic carboxylic acids is 1. The minimum absolute atomic E-state index is 0.252. The molecule has 1 aromatic carbocycles. The Bertz CT molecular complexity index is 652. The summed E-state index contributed by atoms with van der Waals surface area (Å²) in [7, 11) is 0. The molecule has 0 radical (unpaired) electrons. The molecule has 0 fully saturated rings. The molecule has 0 unspecified atom stereocenters. The molecule has 1 aromatic heterocycles. The van der Waals surface area contributed by atoms with Gasteiger partial charge in [-0.1, -0.05) is 11.6 Å². The van der Waals surface area contributed by atoms with Gasteiger partial charge >= 0.3 is 5.97 Å². The van der Waals surface area contributed by atoms with E-state index >= 15 is 0 Å². The Labute approximate surface area is 109 Å². The number of nitrogens with zero attached hydrogens (tertiary/aromatic N) is 1. The SMILES string of the molecule is O=C(O)c1ccc2nc3c(c(Cl)c2c1)CCCC3. The minimum Gasteiger partial charge on any atom is -0.478 e. The van der Waals surface area contributed by atoms with Crippen molar-refractivity contribution in [3.8, 4) is 0 Å². The van der Waals surface area contributed by atoms with E-state index in [9.17, 15) is 4.79 Å². The average Bonchev–Trinajstić information content (AvgIpc) is 2.38. The summed E-state index contributed by atoms with van der Waals surface area (Å²) < 4.78 is 0. The first-order chi connectivity index (χ1) is 8.66. The zero-order chi connectivity index (χ0) is 12.7. The lowest BCUT2D eigenvalue weighted by Gasteiger charge is -2.17. The van der Waals surface area contributed by atoms with Crippen LogP contribution in [0, 0.1) is 0 Å². The number of pyridine rings is 1. The Morgan fingerprint density at radius 2 is 2.06 bits per heavy atom. The van der Waals surface area contributed by atoms with Crippen molar-refractivity contribution in [2.24, 2.45) is 0 Å². The van der Waals surface area contributed by atoms with Crippen molar-refractivity contribution in [1.82, 2.24) is 4.98 Å². The van der Waals surface area contributed by atoms with Crippen LogP contribution in [-0.2, 0) is 12.8 Å². The average molecular weight is 262 g/mol. The van der Waals surface area contributed by atoms with E-state index < -0.39 is 5.97 Å². The van der Waals surface area contributed by atoms with Crippen LogP contribution in [0.1, 0.15) is 34.5 Å². The fourth-order valence-electron chi connectivity index (χ4n) is 2.50. The number of hydrogen-bond donors (Lipinski definition) is 1. The van der Waals surface area contributed by atoms with Gasteiger partial charge in [-0.3, -0.25) is 4.98 Å². The Balaban J connectivity index is 2.29. The van der Waals surface area contributed by atoms with Gasteiger partial charge in [0.2, 0.25) is 0 Å². The summed E-state index contributed by atoms with van der Waals surface area (Å²) in [6.07, 6.45) is 4.17. The summed E-state index contributed by atoms with van der Waals surface area (Å²) in [6.45, 7) is 0. The highest BCUT2D eigenvalue weighted by Gasteiger charge is 2.17. The van der Waals surface area contributed by atoms with E-state index in [1.807, 2.05) is 0 Å². The molecule has 1 aliphatic carbocycles. The van der Waals surface area contributed by atoms with Gasteiger partial charge in [0.05, 0.1) is 16.1 Å². The third-order valence-corrected chi connectivity index (χ3v) is 3.87. The summed E-state index contributed by atoms with van der Waals surface area (Å²) in [5.41, 5.74) is 3.20. The van der Waals surface area contributed by atoms with E-state index in [4.69, 9.17) is 16.7 Å². The van der Waals surface area contributed by atoms with Crippen molar-refractivity contribution in [2.45, 2.75) is 25.7 Å². The van der Waals surface area contributed by atoms with Gasteiger partial charge in [0, 0.05) is 11.1 Å². The number of benzene rings is 1. The Kier molecular flexibility index (Phi) is 2.71. The molecule has 1 N–H and O–H groups in total. The fraction of sp³-hybridized carbons (Fsp3) is 0.286. The fourth-order valence-corrected chi connectivity index (χ4v) is 2.85. The number of rotatable bonds is 1. The van der Waals surface area contributed by atoms with Crippen LogP contribution in [0.4, 0.5) is 0 Å². The summed E-state index contributed by atoms with van der Waals surface area (Å²) in [5.74, 6) is -0.939. The third-order valence-electron chi connectivity index (χ3n) is 3.44. The van der Waals surface area contributed by atoms with Gasteiger partial charge in [-0.05, 0) is 49.4 Å². The highest BCUT2D eigenvalue weighted by atomic mass is 35.5. The molecule has 0 aliphatic heterocycles. The van der Waals surface area contributed by atoms with Crippen molar-refractivity contribution in [3.05, 3.63) is 40.0 Å². The lowest BCUT2D eigenvalue weighted by atomic mass is 9.94. The van der Waals surface area contributed by atoms with Crippen LogP contribution >= 0.6 is 11.6 Å². The van der Waals surface area contributed by atoms with Gasteiger partial charge in [0.15, 0.2) is 0 Å². The first-order valence-corrected chi connectivity index (χ1v) is 6.39. The first kappa shape index (κ1) is 11.5. The number of carboxylic acid groups (broad SMARTS) is 1. The zero-order valence-corrected chi connectivity index (χ0v) is 10.5. The zero-order valence-electron chi connectivity index (χ0n) is 9.74. The van der Waals surface area contributed by atoms with Crippen LogP contribution < -0.4 is 0 Å².